The number of aromatic nitrogens is 2. The molecule has 3 N–H and O–H groups in total. The Morgan fingerprint density at radius 2 is 2.06 bits per heavy atom. The van der Waals surface area contributed by atoms with Gasteiger partial charge < -0.3 is 11.1 Å². The smallest absolute Gasteiger partial charge is 0.258 e. The predicted octanol–water partition coefficient (Wildman–Crippen LogP) is 1.13. The molecule has 3 heterocycles. The number of quaternary nitrogens is 1. The van der Waals surface area contributed by atoms with E-state index in [0.717, 1.165) is 29.1 Å². The number of nitrogens with zero attached hydrogens (tertiary/aromatic N) is 4. The van der Waals surface area contributed by atoms with Crippen molar-refractivity contribution in [2.45, 2.75) is 12.8 Å². The van der Waals surface area contributed by atoms with Crippen LogP contribution in [0.2, 0.25) is 0 Å². The van der Waals surface area contributed by atoms with Crippen LogP contribution in [-0.4, -0.2) is 36.8 Å². The Morgan fingerprint density at radius 1 is 1.35 bits per heavy atom. The lowest BCUT2D eigenvalue weighted by Gasteiger charge is -2.28. The van der Waals surface area contributed by atoms with Gasteiger partial charge in [-0.3, -0.25) is 4.48 Å². The highest BCUT2D eigenvalue weighted by atomic mass is 35.5. The largest absolute Gasteiger partial charge is 0.368 e. The molecule has 0 aliphatic carbocycles. The first kappa shape index (κ1) is 10.9. The number of anilines is 3. The molecule has 0 aromatic carbocycles. The Hall–Kier alpha value is -1.27. The number of nitrogen functional groups attached to an aromatic ring is 1. The van der Waals surface area contributed by atoms with Crippen LogP contribution in [0.15, 0.2) is 0 Å². The molecule has 3 rings (SSSR count). The van der Waals surface area contributed by atoms with Crippen LogP contribution >= 0.6 is 11.8 Å². The zero-order valence-corrected chi connectivity index (χ0v) is 10.5. The minimum Gasteiger partial charge on any atom is -0.368 e. The lowest BCUT2D eigenvalue weighted by molar-refractivity contribution is 0.397. The number of rotatable bonds is 1. The first-order chi connectivity index (χ1) is 8.10. The second-order valence-electron chi connectivity index (χ2n) is 4.85. The van der Waals surface area contributed by atoms with Crippen LogP contribution in [0.5, 0.6) is 0 Å². The van der Waals surface area contributed by atoms with Crippen molar-refractivity contribution in [1.29, 1.82) is 0 Å². The van der Waals surface area contributed by atoms with E-state index in [4.69, 9.17) is 17.5 Å². The van der Waals surface area contributed by atoms with Gasteiger partial charge in [0.25, 0.3) is 5.82 Å². The summed E-state index contributed by atoms with van der Waals surface area (Å²) in [5.74, 6) is 1.95. The van der Waals surface area contributed by atoms with Gasteiger partial charge in [0.2, 0.25) is 5.95 Å². The fraction of sp³-hybridized carbons (Fsp3) is 0.600. The average molecular weight is 256 g/mol. The Bertz CT molecular complexity index is 456. The molecule has 92 valence electrons. The van der Waals surface area contributed by atoms with Gasteiger partial charge in [0, 0.05) is 24.6 Å². The van der Waals surface area contributed by atoms with Gasteiger partial charge in [0.1, 0.15) is 6.67 Å². The highest BCUT2D eigenvalue weighted by molar-refractivity contribution is 6.27. The Kier molecular flexibility index (Phi) is 2.31. The van der Waals surface area contributed by atoms with Crippen LogP contribution in [0.25, 0.3) is 0 Å². The van der Waals surface area contributed by atoms with Crippen molar-refractivity contribution in [3.8, 4) is 0 Å². The minimum absolute atomic E-state index is 0.291. The molecule has 1 fully saturated rings. The standard InChI is InChI=1S/C10H16ClN6/c1-17(4-2-3-5-17)9-7-8(14-10(12)15-9)16(11)6-13-7/h13H,2-6H2,1H3,(H2,12,14,15)/q+1. The molecular formula is C10H16ClN6+. The van der Waals surface area contributed by atoms with Gasteiger partial charge in [-0.15, -0.1) is 0 Å². The summed E-state index contributed by atoms with van der Waals surface area (Å²) in [5, 5.41) is 3.25. The summed E-state index contributed by atoms with van der Waals surface area (Å²) >= 11 is 6.06. The van der Waals surface area contributed by atoms with Crippen molar-refractivity contribution < 1.29 is 0 Å². The number of nitrogens with one attached hydrogen (secondary N) is 1. The molecule has 0 saturated carbocycles. The number of halogens is 1. The number of hydrogen-bond acceptors (Lipinski definition) is 5. The average Bonchev–Trinajstić information content (AvgIpc) is 2.87. The minimum atomic E-state index is 0.291. The summed E-state index contributed by atoms with van der Waals surface area (Å²) in [5.41, 5.74) is 6.70. The van der Waals surface area contributed by atoms with Crippen LogP contribution in [0.1, 0.15) is 12.8 Å². The molecule has 1 aromatic rings. The molecule has 0 bridgehead atoms. The lowest BCUT2D eigenvalue weighted by atomic mass is 10.3. The van der Waals surface area contributed by atoms with E-state index in [2.05, 4.69) is 22.3 Å². The van der Waals surface area contributed by atoms with E-state index in [0.29, 0.717) is 18.4 Å². The quantitative estimate of drug-likeness (QED) is 0.582. The van der Waals surface area contributed by atoms with Gasteiger partial charge >= 0.3 is 0 Å². The molecule has 1 saturated heterocycles. The third-order valence-electron chi connectivity index (χ3n) is 3.58. The Labute approximate surface area is 105 Å². The molecule has 2 aliphatic rings. The van der Waals surface area contributed by atoms with Crippen molar-refractivity contribution >= 4 is 35.0 Å². The SMILES string of the molecule is C[N+]1(c2nc(N)nc3c2NCN3Cl)CCCC1. The Morgan fingerprint density at radius 3 is 2.76 bits per heavy atom. The normalized spacial score (nSPS) is 21.4. The molecule has 0 unspecified atom stereocenters. The Balaban J connectivity index is 2.14. The molecule has 1 aromatic heterocycles. The van der Waals surface area contributed by atoms with Gasteiger partial charge in [0.05, 0.1) is 20.1 Å². The second kappa shape index (κ2) is 3.61. The third-order valence-corrected chi connectivity index (χ3v) is 3.86. The van der Waals surface area contributed by atoms with Crippen LogP contribution in [-0.2, 0) is 0 Å². The van der Waals surface area contributed by atoms with Gasteiger partial charge in [-0.2, -0.15) is 9.97 Å². The number of nitrogens with two attached hydrogens (primary N) is 1. The summed E-state index contributed by atoms with van der Waals surface area (Å²) < 4.78 is 2.35. The number of fused-ring (bicyclic) bond motifs is 1. The fourth-order valence-electron chi connectivity index (χ4n) is 2.65. The van der Waals surface area contributed by atoms with E-state index in [-0.39, 0.29) is 0 Å². The molecule has 0 amide bonds. The maximum atomic E-state index is 6.06. The van der Waals surface area contributed by atoms with E-state index in [1.807, 2.05) is 0 Å². The summed E-state index contributed by atoms with van der Waals surface area (Å²) in [6, 6.07) is 0. The zero-order valence-electron chi connectivity index (χ0n) is 9.78. The molecule has 7 heteroatoms. The summed E-state index contributed by atoms with van der Waals surface area (Å²) in [7, 11) is 2.19. The van der Waals surface area contributed by atoms with E-state index < -0.39 is 0 Å². The molecule has 2 aliphatic heterocycles. The summed E-state index contributed by atoms with van der Waals surface area (Å²) in [6.45, 7) is 2.72. The van der Waals surface area contributed by atoms with Crippen LogP contribution in [0.4, 0.5) is 23.3 Å². The van der Waals surface area contributed by atoms with E-state index in [1.54, 1.807) is 4.42 Å². The van der Waals surface area contributed by atoms with Crippen molar-refractivity contribution in [1.82, 2.24) is 14.5 Å². The van der Waals surface area contributed by atoms with Crippen molar-refractivity contribution in [3.63, 3.8) is 0 Å². The van der Waals surface area contributed by atoms with E-state index in [9.17, 15) is 0 Å². The van der Waals surface area contributed by atoms with E-state index >= 15 is 0 Å². The number of likely N-dealkylation sites (tertiary alicyclic amines) is 1. The van der Waals surface area contributed by atoms with Gasteiger partial charge in [-0.05, 0) is 0 Å². The maximum absolute atomic E-state index is 6.06. The first-order valence-corrected chi connectivity index (χ1v) is 6.14. The van der Waals surface area contributed by atoms with Gasteiger partial charge in [-0.1, -0.05) is 0 Å². The third kappa shape index (κ3) is 1.59. The molecule has 0 spiro atoms. The maximum Gasteiger partial charge on any atom is 0.258 e. The van der Waals surface area contributed by atoms with Crippen LogP contribution < -0.4 is 20.0 Å². The van der Waals surface area contributed by atoms with Gasteiger partial charge in [-0.25, -0.2) is 4.42 Å². The molecular weight excluding hydrogens is 240 g/mol. The van der Waals surface area contributed by atoms with Crippen molar-refractivity contribution in [2.24, 2.45) is 0 Å². The monoisotopic (exact) mass is 255 g/mol. The van der Waals surface area contributed by atoms with Crippen LogP contribution in [0, 0.1) is 0 Å². The zero-order chi connectivity index (χ0) is 12.0. The topological polar surface area (TPSA) is 67.1 Å². The van der Waals surface area contributed by atoms with E-state index in [1.165, 1.54) is 12.8 Å². The molecule has 6 nitrogen and oxygen atoms in total. The summed E-state index contributed by atoms with van der Waals surface area (Å²) in [6.07, 6.45) is 2.44. The predicted molar refractivity (Wildman–Crippen MR) is 70.0 cm³/mol. The van der Waals surface area contributed by atoms with Crippen molar-refractivity contribution in [2.75, 3.05) is 42.3 Å². The highest BCUT2D eigenvalue weighted by Gasteiger charge is 2.38. The fourth-order valence-corrected chi connectivity index (χ4v) is 2.83. The lowest BCUT2D eigenvalue weighted by Crippen LogP contribution is -2.43. The van der Waals surface area contributed by atoms with Gasteiger partial charge in [0.15, 0.2) is 11.5 Å². The molecule has 17 heavy (non-hydrogen) atoms. The highest BCUT2D eigenvalue weighted by Crippen LogP contribution is 2.41. The first-order valence-electron chi connectivity index (χ1n) is 5.80. The number of hydrogen-bond donors (Lipinski definition) is 2. The molecule has 0 radical (unpaired) electrons. The van der Waals surface area contributed by atoms with Crippen LogP contribution in [0.3, 0.4) is 0 Å². The second-order valence-corrected chi connectivity index (χ2v) is 5.26. The summed E-state index contributed by atoms with van der Waals surface area (Å²) in [4.78, 5) is 8.61. The van der Waals surface area contributed by atoms with Crippen molar-refractivity contribution in [3.05, 3.63) is 0 Å². The molecule has 0 atom stereocenters.